The molecule has 0 radical (unpaired) electrons. The van der Waals surface area contributed by atoms with E-state index in [-0.39, 0.29) is 13.1 Å². The highest BCUT2D eigenvalue weighted by Crippen LogP contribution is 2.30. The maximum absolute atomic E-state index is 14.0. The Labute approximate surface area is 135 Å². The smallest absolute Gasteiger partial charge is 0.348 e. The first-order valence-corrected chi connectivity index (χ1v) is 7.01. The van der Waals surface area contributed by atoms with Crippen molar-refractivity contribution >= 4 is 5.91 Å². The molecule has 5 nitrogen and oxygen atoms in total. The molecule has 1 amide bonds. The third-order valence-corrected chi connectivity index (χ3v) is 3.58. The summed E-state index contributed by atoms with van der Waals surface area (Å²) < 4.78 is 53.5. The lowest BCUT2D eigenvalue weighted by molar-refractivity contribution is -0.141. The molecule has 1 heterocycles. The van der Waals surface area contributed by atoms with Gasteiger partial charge in [0.15, 0.2) is 5.69 Å². The van der Waals surface area contributed by atoms with Crippen LogP contribution < -0.4 is 11.1 Å². The van der Waals surface area contributed by atoms with Gasteiger partial charge < -0.3 is 11.1 Å². The maximum atomic E-state index is 14.0. The number of benzene rings is 1. The molecular weight excluding hydrogens is 328 g/mol. The van der Waals surface area contributed by atoms with Crippen molar-refractivity contribution < 1.29 is 22.4 Å². The van der Waals surface area contributed by atoms with Crippen molar-refractivity contribution in [1.29, 1.82) is 0 Å². The van der Waals surface area contributed by atoms with Crippen LogP contribution in [0.2, 0.25) is 0 Å². The van der Waals surface area contributed by atoms with Crippen molar-refractivity contribution in [3.63, 3.8) is 0 Å². The third kappa shape index (κ3) is 3.56. The fourth-order valence-electron chi connectivity index (χ4n) is 2.27. The fourth-order valence-corrected chi connectivity index (χ4v) is 2.27. The Morgan fingerprint density at radius 3 is 2.54 bits per heavy atom. The number of carbonyl (C=O) groups excluding carboxylic acids is 1. The SMILES string of the molecule is Cc1c(CNC(=O)c2cn(C)nc2C(F)(F)F)ccc(CN)c1F. The lowest BCUT2D eigenvalue weighted by Crippen LogP contribution is -2.25. The summed E-state index contributed by atoms with van der Waals surface area (Å²) in [6.07, 6.45) is -3.75. The molecule has 0 spiro atoms. The van der Waals surface area contributed by atoms with Crippen molar-refractivity contribution in [2.24, 2.45) is 12.8 Å². The number of halogens is 4. The lowest BCUT2D eigenvalue weighted by atomic mass is 10.0. The second-order valence-electron chi connectivity index (χ2n) is 5.27. The van der Waals surface area contributed by atoms with Crippen molar-refractivity contribution in [1.82, 2.24) is 15.1 Å². The van der Waals surface area contributed by atoms with Gasteiger partial charge >= 0.3 is 6.18 Å². The number of aromatic nitrogens is 2. The normalized spacial score (nSPS) is 11.6. The van der Waals surface area contributed by atoms with E-state index in [1.54, 1.807) is 6.07 Å². The van der Waals surface area contributed by atoms with Crippen molar-refractivity contribution in [2.75, 3.05) is 0 Å². The van der Waals surface area contributed by atoms with Crippen LogP contribution in [0, 0.1) is 12.7 Å². The molecule has 0 aliphatic carbocycles. The summed E-state index contributed by atoms with van der Waals surface area (Å²) in [4.78, 5) is 12.0. The molecule has 9 heteroatoms. The van der Waals surface area contributed by atoms with Gasteiger partial charge in [-0.15, -0.1) is 0 Å². The Kier molecular flexibility index (Phi) is 4.93. The number of amides is 1. The molecule has 130 valence electrons. The van der Waals surface area contributed by atoms with Gasteiger partial charge in [-0.25, -0.2) is 4.39 Å². The summed E-state index contributed by atoms with van der Waals surface area (Å²) in [6.45, 7) is 1.43. The maximum Gasteiger partial charge on any atom is 0.435 e. The van der Waals surface area contributed by atoms with E-state index < -0.39 is 29.2 Å². The van der Waals surface area contributed by atoms with Gasteiger partial charge in [0.2, 0.25) is 0 Å². The summed E-state index contributed by atoms with van der Waals surface area (Å²) >= 11 is 0. The van der Waals surface area contributed by atoms with Gasteiger partial charge in [-0.05, 0) is 18.1 Å². The zero-order chi connectivity index (χ0) is 18.1. The van der Waals surface area contributed by atoms with Gasteiger partial charge in [0.25, 0.3) is 5.91 Å². The van der Waals surface area contributed by atoms with Crippen LogP contribution in [0.25, 0.3) is 0 Å². The number of nitrogens with one attached hydrogen (secondary N) is 1. The van der Waals surface area contributed by atoms with E-state index in [0.29, 0.717) is 16.7 Å². The summed E-state index contributed by atoms with van der Waals surface area (Å²) in [5.74, 6) is -1.42. The van der Waals surface area contributed by atoms with Gasteiger partial charge in [0, 0.05) is 31.9 Å². The number of hydrogen-bond donors (Lipinski definition) is 2. The fraction of sp³-hybridized carbons (Fsp3) is 0.333. The highest BCUT2D eigenvalue weighted by molar-refractivity contribution is 5.95. The highest BCUT2D eigenvalue weighted by Gasteiger charge is 2.38. The zero-order valence-corrected chi connectivity index (χ0v) is 13.0. The van der Waals surface area contributed by atoms with Crippen LogP contribution in [-0.2, 0) is 26.3 Å². The van der Waals surface area contributed by atoms with E-state index in [1.165, 1.54) is 20.0 Å². The molecule has 0 aliphatic heterocycles. The molecule has 24 heavy (non-hydrogen) atoms. The second-order valence-corrected chi connectivity index (χ2v) is 5.27. The quantitative estimate of drug-likeness (QED) is 0.836. The lowest BCUT2D eigenvalue weighted by Gasteiger charge is -2.11. The van der Waals surface area contributed by atoms with Gasteiger partial charge in [-0.1, -0.05) is 12.1 Å². The van der Waals surface area contributed by atoms with Crippen LogP contribution in [0.5, 0.6) is 0 Å². The summed E-state index contributed by atoms with van der Waals surface area (Å²) in [6, 6.07) is 3.06. The van der Waals surface area contributed by atoms with Gasteiger partial charge in [-0.3, -0.25) is 9.48 Å². The van der Waals surface area contributed by atoms with Crippen LogP contribution in [0.1, 0.15) is 32.7 Å². The number of alkyl halides is 3. The van der Waals surface area contributed by atoms with E-state index in [2.05, 4.69) is 10.4 Å². The molecular formula is C15H16F4N4O. The molecule has 1 aromatic heterocycles. The molecule has 0 bridgehead atoms. The summed E-state index contributed by atoms with van der Waals surface area (Å²) in [7, 11) is 1.29. The molecule has 2 aromatic rings. The number of nitrogens with zero attached hydrogens (tertiary/aromatic N) is 2. The van der Waals surface area contributed by atoms with E-state index in [4.69, 9.17) is 5.73 Å². The average molecular weight is 344 g/mol. The average Bonchev–Trinajstić information content (AvgIpc) is 2.91. The summed E-state index contributed by atoms with van der Waals surface area (Å²) in [5.41, 5.74) is 4.63. The topological polar surface area (TPSA) is 72.9 Å². The van der Waals surface area contributed by atoms with Crippen LogP contribution in [-0.4, -0.2) is 15.7 Å². The minimum atomic E-state index is -4.74. The molecule has 0 saturated carbocycles. The van der Waals surface area contributed by atoms with E-state index in [9.17, 15) is 22.4 Å². The van der Waals surface area contributed by atoms with Crippen molar-refractivity contribution in [2.45, 2.75) is 26.2 Å². The Balaban J connectivity index is 2.19. The second kappa shape index (κ2) is 6.60. The molecule has 0 unspecified atom stereocenters. The van der Waals surface area contributed by atoms with Crippen LogP contribution >= 0.6 is 0 Å². The van der Waals surface area contributed by atoms with E-state index >= 15 is 0 Å². The van der Waals surface area contributed by atoms with Gasteiger partial charge in [-0.2, -0.15) is 18.3 Å². The molecule has 0 aliphatic rings. The van der Waals surface area contributed by atoms with Gasteiger partial charge in [0.1, 0.15) is 5.82 Å². The first kappa shape index (κ1) is 17.9. The Morgan fingerprint density at radius 1 is 1.33 bits per heavy atom. The molecule has 3 N–H and O–H groups in total. The highest BCUT2D eigenvalue weighted by atomic mass is 19.4. The number of hydrogen-bond acceptors (Lipinski definition) is 3. The van der Waals surface area contributed by atoms with Gasteiger partial charge in [0.05, 0.1) is 5.56 Å². The minimum absolute atomic E-state index is 0.0317. The molecule has 0 atom stereocenters. The molecule has 0 fully saturated rings. The Hall–Kier alpha value is -2.42. The predicted octanol–water partition coefficient (Wildman–Crippen LogP) is 2.28. The van der Waals surface area contributed by atoms with E-state index in [1.807, 2.05) is 0 Å². The minimum Gasteiger partial charge on any atom is -0.348 e. The third-order valence-electron chi connectivity index (χ3n) is 3.58. The molecule has 2 rings (SSSR count). The Bertz CT molecular complexity index is 768. The number of nitrogens with two attached hydrogens (primary N) is 1. The number of carbonyl (C=O) groups is 1. The largest absolute Gasteiger partial charge is 0.435 e. The first-order chi connectivity index (χ1) is 11.1. The molecule has 1 aromatic carbocycles. The monoisotopic (exact) mass is 344 g/mol. The van der Waals surface area contributed by atoms with Crippen LogP contribution in [0.4, 0.5) is 17.6 Å². The number of rotatable bonds is 4. The van der Waals surface area contributed by atoms with Crippen molar-refractivity contribution in [3.05, 3.63) is 52.1 Å². The summed E-state index contributed by atoms with van der Waals surface area (Å²) in [5, 5.41) is 5.63. The Morgan fingerprint density at radius 2 is 1.96 bits per heavy atom. The molecule has 0 saturated heterocycles. The standard InChI is InChI=1S/C15H16F4N4O/c1-8-10(4-3-9(5-20)12(8)16)6-21-14(24)11-7-23(2)22-13(11)15(17,18)19/h3-4,7H,5-6,20H2,1-2H3,(H,21,24). The number of aryl methyl sites for hydroxylation is 1. The predicted molar refractivity (Wildman–Crippen MR) is 78.4 cm³/mol. The van der Waals surface area contributed by atoms with Crippen LogP contribution in [0.3, 0.4) is 0 Å². The van der Waals surface area contributed by atoms with Crippen LogP contribution in [0.15, 0.2) is 18.3 Å². The van der Waals surface area contributed by atoms with E-state index in [0.717, 1.165) is 10.9 Å². The zero-order valence-electron chi connectivity index (χ0n) is 13.0. The van der Waals surface area contributed by atoms with Crippen molar-refractivity contribution in [3.8, 4) is 0 Å². The first-order valence-electron chi connectivity index (χ1n) is 7.01.